The largest absolute Gasteiger partial charge is 0.294 e. The summed E-state index contributed by atoms with van der Waals surface area (Å²) in [6, 6.07) is 9.62. The average molecular weight is 515 g/mol. The molecule has 0 unspecified atom stereocenters. The molecule has 0 amide bonds. The van der Waals surface area contributed by atoms with Crippen LogP contribution in [-0.2, 0) is 19.7 Å². The molecule has 34 heavy (non-hydrogen) atoms. The lowest BCUT2D eigenvalue weighted by Gasteiger charge is -2.11. The summed E-state index contributed by atoms with van der Waals surface area (Å²) < 4.78 is 51.2. The first-order valence-electron chi connectivity index (χ1n) is 9.74. The maximum absolute atomic E-state index is 13.0. The van der Waals surface area contributed by atoms with Crippen molar-refractivity contribution in [3.8, 4) is 0 Å². The lowest BCUT2D eigenvalue weighted by Crippen LogP contribution is -2.18. The Morgan fingerprint density at radius 2 is 1.03 bits per heavy atom. The average Bonchev–Trinajstić information content (AvgIpc) is 2.67. The number of carbonyl (C=O) groups excluding carboxylic acids is 2. The Balaban J connectivity index is -0.00000240. The molecule has 8 heteroatoms. The highest BCUT2D eigenvalue weighted by atomic mass is 32.3. The van der Waals surface area contributed by atoms with Crippen molar-refractivity contribution in [3.05, 3.63) is 59.2 Å². The monoisotopic (exact) mass is 514 g/mol. The van der Waals surface area contributed by atoms with E-state index in [-0.39, 0.29) is 75.0 Å². The van der Waals surface area contributed by atoms with Crippen molar-refractivity contribution >= 4 is 31.2 Å². The summed E-state index contributed by atoms with van der Waals surface area (Å²) in [5, 5.41) is -1.14. The van der Waals surface area contributed by atoms with E-state index >= 15 is 0 Å². The highest BCUT2D eigenvalue weighted by molar-refractivity contribution is 8.08. The third-order valence-corrected chi connectivity index (χ3v) is 8.98. The Labute approximate surface area is 207 Å². The van der Waals surface area contributed by atoms with E-state index < -0.39 is 24.8 Å². The number of carbonyl (C=O) groups is 2. The summed E-state index contributed by atoms with van der Waals surface area (Å²) in [6.45, 7) is 5.42. The second-order valence-corrected chi connectivity index (χ2v) is 11.6. The summed E-state index contributed by atoms with van der Waals surface area (Å²) in [6.07, 6.45) is 1.53. The van der Waals surface area contributed by atoms with Crippen molar-refractivity contribution in [2.45, 2.75) is 86.0 Å². The first-order valence-corrected chi connectivity index (χ1v) is 13.0. The van der Waals surface area contributed by atoms with Gasteiger partial charge in [0.05, 0.1) is 9.79 Å². The Morgan fingerprint density at radius 1 is 0.647 bits per heavy atom. The third kappa shape index (κ3) is 9.14. The first-order chi connectivity index (χ1) is 14.0. The van der Waals surface area contributed by atoms with Crippen LogP contribution in [0.3, 0.4) is 0 Å². The highest BCUT2D eigenvalue weighted by Crippen LogP contribution is 2.23. The molecular weight excluding hydrogens is 472 g/mol. The van der Waals surface area contributed by atoms with E-state index in [1.165, 1.54) is 30.3 Å². The van der Waals surface area contributed by atoms with Gasteiger partial charge >= 0.3 is 0 Å². The van der Waals surface area contributed by atoms with Crippen LogP contribution < -0.4 is 0 Å². The Morgan fingerprint density at radius 3 is 1.41 bits per heavy atom. The number of aryl methyl sites for hydroxylation is 1. The summed E-state index contributed by atoms with van der Waals surface area (Å²) in [5.74, 6) is -0.581. The second-order valence-electron chi connectivity index (χ2n) is 7.25. The Bertz CT molecular complexity index is 1110. The van der Waals surface area contributed by atoms with Gasteiger partial charge in [0.15, 0.2) is 36.3 Å². The minimum absolute atomic E-state index is 0. The number of sulfone groups is 2. The maximum Gasteiger partial charge on any atom is 0.193 e. The number of hydrogen-bond acceptors (Lipinski definition) is 6. The fourth-order valence-electron chi connectivity index (χ4n) is 2.93. The highest BCUT2D eigenvalue weighted by Gasteiger charge is 2.27. The molecule has 0 radical (unpaired) electrons. The molecule has 0 saturated heterocycles. The SMILES string of the molecule is C.C.C.C.CCCC(=O)c1cc(C(=O)CCC)cc(S(=O)(=O)CS(=O)(=O)c2ccc(C)cc2)c1. The molecule has 0 saturated carbocycles. The lowest BCUT2D eigenvalue weighted by molar-refractivity contribution is 0.0981. The van der Waals surface area contributed by atoms with Crippen molar-refractivity contribution < 1.29 is 26.4 Å². The molecule has 0 aliphatic rings. The van der Waals surface area contributed by atoms with Crippen molar-refractivity contribution in [2.75, 3.05) is 5.08 Å². The molecule has 2 aromatic rings. The van der Waals surface area contributed by atoms with Crippen LogP contribution >= 0.6 is 0 Å². The zero-order valence-corrected chi connectivity index (χ0v) is 19.0. The number of rotatable bonds is 10. The van der Waals surface area contributed by atoms with E-state index in [0.717, 1.165) is 5.56 Å². The Hall–Kier alpha value is -2.32. The summed E-state index contributed by atoms with van der Waals surface area (Å²) in [5.41, 5.74) is 1.05. The maximum atomic E-state index is 13.0. The molecule has 0 heterocycles. The number of benzene rings is 2. The van der Waals surface area contributed by atoms with Crippen LogP contribution in [0.4, 0.5) is 0 Å². The lowest BCUT2D eigenvalue weighted by atomic mass is 10.0. The molecule has 0 atom stereocenters. The van der Waals surface area contributed by atoms with E-state index in [1.807, 2.05) is 13.8 Å². The van der Waals surface area contributed by atoms with Crippen LogP contribution in [-0.4, -0.2) is 33.5 Å². The molecule has 0 aromatic heterocycles. The first kappa shape index (κ1) is 36.3. The van der Waals surface area contributed by atoms with Crippen LogP contribution in [0.5, 0.6) is 0 Å². The van der Waals surface area contributed by atoms with Crippen LogP contribution in [0.1, 0.15) is 95.5 Å². The zero-order chi connectivity index (χ0) is 22.5. The third-order valence-electron chi connectivity index (χ3n) is 4.55. The fourth-order valence-corrected chi connectivity index (χ4v) is 6.82. The van der Waals surface area contributed by atoms with Crippen molar-refractivity contribution in [1.29, 1.82) is 0 Å². The van der Waals surface area contributed by atoms with Crippen LogP contribution in [0.2, 0.25) is 0 Å². The number of ketones is 2. The smallest absolute Gasteiger partial charge is 0.193 e. The molecule has 2 aromatic carbocycles. The van der Waals surface area contributed by atoms with Gasteiger partial charge in [-0.25, -0.2) is 16.8 Å². The van der Waals surface area contributed by atoms with Crippen LogP contribution in [0.25, 0.3) is 0 Å². The van der Waals surface area contributed by atoms with Gasteiger partial charge in [-0.3, -0.25) is 9.59 Å². The fraction of sp³-hybridized carbons (Fsp3) is 0.462. The van der Waals surface area contributed by atoms with Gasteiger partial charge in [0.25, 0.3) is 0 Å². The standard InChI is InChI=1S/C22H26O6S2.4CH4/c1-4-6-21(23)17-12-18(22(24)7-5-2)14-20(13-17)30(27,28)15-29(25,26)19-10-8-16(3)9-11-19;;;;/h8-14H,4-7,15H2,1-3H3;4*1H4. The summed E-state index contributed by atoms with van der Waals surface area (Å²) >= 11 is 0. The minimum Gasteiger partial charge on any atom is -0.294 e. The predicted molar refractivity (Wildman–Crippen MR) is 142 cm³/mol. The van der Waals surface area contributed by atoms with Gasteiger partial charge in [-0.05, 0) is 50.1 Å². The van der Waals surface area contributed by atoms with E-state index in [9.17, 15) is 26.4 Å². The molecule has 0 bridgehead atoms. The van der Waals surface area contributed by atoms with Gasteiger partial charge in [0, 0.05) is 24.0 Å². The van der Waals surface area contributed by atoms with E-state index in [0.29, 0.717) is 12.8 Å². The van der Waals surface area contributed by atoms with Gasteiger partial charge in [-0.1, -0.05) is 61.3 Å². The summed E-state index contributed by atoms with van der Waals surface area (Å²) in [7, 11) is -8.44. The molecular formula is C26H42O6S2. The van der Waals surface area contributed by atoms with Gasteiger partial charge in [0.2, 0.25) is 0 Å². The normalized spacial score (nSPS) is 10.6. The molecule has 194 valence electrons. The molecule has 0 aliphatic carbocycles. The molecule has 6 nitrogen and oxygen atoms in total. The molecule has 0 fully saturated rings. The van der Waals surface area contributed by atoms with Crippen LogP contribution in [0.15, 0.2) is 52.3 Å². The zero-order valence-electron chi connectivity index (χ0n) is 17.3. The second kappa shape index (κ2) is 14.8. The minimum atomic E-state index is -4.31. The molecule has 2 rings (SSSR count). The van der Waals surface area contributed by atoms with Crippen molar-refractivity contribution in [3.63, 3.8) is 0 Å². The topological polar surface area (TPSA) is 102 Å². The summed E-state index contributed by atoms with van der Waals surface area (Å²) in [4.78, 5) is 24.3. The quantitative estimate of drug-likeness (QED) is 0.326. The number of Topliss-reactive ketones (excluding diaryl/α,β-unsaturated/α-hetero) is 2. The van der Waals surface area contributed by atoms with E-state index in [1.54, 1.807) is 19.1 Å². The van der Waals surface area contributed by atoms with Crippen LogP contribution in [0, 0.1) is 6.92 Å². The van der Waals surface area contributed by atoms with Gasteiger partial charge < -0.3 is 0 Å². The van der Waals surface area contributed by atoms with Crippen molar-refractivity contribution in [2.24, 2.45) is 0 Å². The van der Waals surface area contributed by atoms with E-state index in [4.69, 9.17) is 0 Å². The van der Waals surface area contributed by atoms with Gasteiger partial charge in [-0.2, -0.15) is 0 Å². The molecule has 0 spiro atoms. The Kier molecular flexibility index (Phi) is 15.8. The predicted octanol–water partition coefficient (Wildman–Crippen LogP) is 6.71. The van der Waals surface area contributed by atoms with Gasteiger partial charge in [0.1, 0.15) is 0 Å². The van der Waals surface area contributed by atoms with Crippen molar-refractivity contribution in [1.82, 2.24) is 0 Å². The molecule has 0 N–H and O–H groups in total. The van der Waals surface area contributed by atoms with Gasteiger partial charge in [-0.15, -0.1) is 0 Å². The van der Waals surface area contributed by atoms with E-state index in [2.05, 4.69) is 0 Å². The number of hydrogen-bond donors (Lipinski definition) is 0. The molecule has 0 aliphatic heterocycles.